The third kappa shape index (κ3) is 5.12. The number of hydrogen-bond donors (Lipinski definition) is 2. The van der Waals surface area contributed by atoms with Crippen LogP contribution in [0.2, 0.25) is 0 Å². The molecule has 1 aromatic carbocycles. The largest absolute Gasteiger partial charge is 0.392 e. The standard InChI is InChI=1S/C20H24BrF2NOS/c21-15-10-19(26-13-15)20(6-2-1-3-7-20)24-12-18(25)5-4-14-8-16(22)11-17(23)9-14/h8-11,13,18,24-25H,1-7,12H2. The monoisotopic (exact) mass is 443 g/mol. The Morgan fingerprint density at radius 2 is 1.81 bits per heavy atom. The van der Waals surface area contributed by atoms with Gasteiger partial charge >= 0.3 is 0 Å². The SMILES string of the molecule is OC(CCc1cc(F)cc(F)c1)CNC1(c2cc(Br)cs2)CCCCC1. The highest BCUT2D eigenvalue weighted by Gasteiger charge is 2.35. The molecule has 1 atom stereocenters. The number of hydrogen-bond acceptors (Lipinski definition) is 3. The highest BCUT2D eigenvalue weighted by atomic mass is 79.9. The summed E-state index contributed by atoms with van der Waals surface area (Å²) in [6, 6.07) is 5.70. The van der Waals surface area contributed by atoms with Crippen LogP contribution in [0.1, 0.15) is 49.0 Å². The van der Waals surface area contributed by atoms with E-state index in [0.29, 0.717) is 24.9 Å². The van der Waals surface area contributed by atoms with Crippen molar-refractivity contribution in [2.75, 3.05) is 6.54 Å². The highest BCUT2D eigenvalue weighted by molar-refractivity contribution is 9.10. The van der Waals surface area contributed by atoms with E-state index >= 15 is 0 Å². The number of rotatable bonds is 7. The van der Waals surface area contributed by atoms with Crippen molar-refractivity contribution < 1.29 is 13.9 Å². The molecule has 3 rings (SSSR count). The van der Waals surface area contributed by atoms with Gasteiger partial charge in [-0.3, -0.25) is 0 Å². The number of nitrogens with one attached hydrogen (secondary N) is 1. The Morgan fingerprint density at radius 1 is 1.12 bits per heavy atom. The Kier molecular flexibility index (Phi) is 6.83. The van der Waals surface area contributed by atoms with E-state index in [9.17, 15) is 13.9 Å². The molecule has 6 heteroatoms. The van der Waals surface area contributed by atoms with Crippen LogP contribution in [0.15, 0.2) is 34.1 Å². The van der Waals surface area contributed by atoms with Crippen LogP contribution in [0, 0.1) is 11.6 Å². The van der Waals surface area contributed by atoms with E-state index in [4.69, 9.17) is 0 Å². The van der Waals surface area contributed by atoms with E-state index in [0.717, 1.165) is 23.4 Å². The normalized spacial score (nSPS) is 18.0. The lowest BCUT2D eigenvalue weighted by Gasteiger charge is -2.38. The molecule has 1 saturated carbocycles. The summed E-state index contributed by atoms with van der Waals surface area (Å²) in [5.41, 5.74) is 0.511. The molecule has 1 unspecified atom stereocenters. The Morgan fingerprint density at radius 3 is 2.42 bits per heavy atom. The summed E-state index contributed by atoms with van der Waals surface area (Å²) < 4.78 is 27.6. The predicted octanol–water partition coefficient (Wildman–Crippen LogP) is 5.53. The number of thiophene rings is 1. The fourth-order valence-corrected chi connectivity index (χ4v) is 5.40. The summed E-state index contributed by atoms with van der Waals surface area (Å²) in [5.74, 6) is -1.14. The molecule has 0 radical (unpaired) electrons. The first-order chi connectivity index (χ1) is 12.5. The van der Waals surface area contributed by atoms with Gasteiger partial charge in [-0.05, 0) is 65.4 Å². The second-order valence-electron chi connectivity index (χ2n) is 7.12. The molecule has 0 aliphatic heterocycles. The summed E-state index contributed by atoms with van der Waals surface area (Å²) in [6.07, 6.45) is 6.13. The van der Waals surface area contributed by atoms with Crippen LogP contribution in [-0.2, 0) is 12.0 Å². The molecule has 2 aromatic rings. The molecular formula is C20H24BrF2NOS. The van der Waals surface area contributed by atoms with Gasteiger partial charge in [-0.15, -0.1) is 11.3 Å². The molecule has 0 amide bonds. The van der Waals surface area contributed by atoms with E-state index in [1.54, 1.807) is 11.3 Å². The molecule has 142 valence electrons. The van der Waals surface area contributed by atoms with Gasteiger partial charge < -0.3 is 10.4 Å². The molecule has 0 bridgehead atoms. The number of aliphatic hydroxyl groups is 1. The first kappa shape index (κ1) is 19.9. The van der Waals surface area contributed by atoms with Gasteiger partial charge in [0.25, 0.3) is 0 Å². The summed E-state index contributed by atoms with van der Waals surface area (Å²) >= 11 is 5.28. The highest BCUT2D eigenvalue weighted by Crippen LogP contribution is 2.41. The summed E-state index contributed by atoms with van der Waals surface area (Å²) in [4.78, 5) is 1.31. The third-order valence-corrected chi connectivity index (χ3v) is 7.01. The van der Waals surface area contributed by atoms with Crippen LogP contribution < -0.4 is 5.32 Å². The summed E-state index contributed by atoms with van der Waals surface area (Å²) in [6.45, 7) is 0.479. The van der Waals surface area contributed by atoms with E-state index in [1.165, 1.54) is 36.3 Å². The molecule has 1 fully saturated rings. The van der Waals surface area contributed by atoms with Gasteiger partial charge in [0.15, 0.2) is 0 Å². The van der Waals surface area contributed by atoms with E-state index in [2.05, 4.69) is 32.7 Å². The lowest BCUT2D eigenvalue weighted by atomic mass is 9.80. The Hall–Kier alpha value is -0.820. The Labute approximate surface area is 165 Å². The van der Waals surface area contributed by atoms with E-state index < -0.39 is 17.7 Å². The smallest absolute Gasteiger partial charge is 0.126 e. The van der Waals surface area contributed by atoms with Crippen molar-refractivity contribution in [3.05, 3.63) is 56.2 Å². The van der Waals surface area contributed by atoms with Crippen LogP contribution in [0.3, 0.4) is 0 Å². The van der Waals surface area contributed by atoms with Gasteiger partial charge in [0.05, 0.1) is 11.6 Å². The molecule has 1 heterocycles. The number of halogens is 3. The second-order valence-corrected chi connectivity index (χ2v) is 8.95. The number of benzene rings is 1. The van der Waals surface area contributed by atoms with Crippen LogP contribution in [0.25, 0.3) is 0 Å². The second kappa shape index (κ2) is 8.91. The Balaban J connectivity index is 1.58. The van der Waals surface area contributed by atoms with Crippen LogP contribution >= 0.6 is 27.3 Å². The lowest BCUT2D eigenvalue weighted by Crippen LogP contribution is -2.46. The molecular weight excluding hydrogens is 420 g/mol. The van der Waals surface area contributed by atoms with Gasteiger partial charge in [-0.2, -0.15) is 0 Å². The molecule has 0 saturated heterocycles. The minimum Gasteiger partial charge on any atom is -0.392 e. The zero-order chi connectivity index (χ0) is 18.6. The average molecular weight is 444 g/mol. The summed E-state index contributed by atoms with van der Waals surface area (Å²) in [5, 5.41) is 16.1. The van der Waals surface area contributed by atoms with Crippen LogP contribution in [0.4, 0.5) is 8.78 Å². The van der Waals surface area contributed by atoms with Crippen LogP contribution in [0.5, 0.6) is 0 Å². The number of aryl methyl sites for hydroxylation is 1. The van der Waals surface area contributed by atoms with Crippen molar-refractivity contribution in [1.29, 1.82) is 0 Å². The van der Waals surface area contributed by atoms with Gasteiger partial charge in [-0.25, -0.2) is 8.78 Å². The maximum Gasteiger partial charge on any atom is 0.126 e. The maximum atomic E-state index is 13.3. The maximum absolute atomic E-state index is 13.3. The zero-order valence-corrected chi connectivity index (χ0v) is 17.0. The first-order valence-corrected chi connectivity index (χ1v) is 10.8. The molecule has 2 N–H and O–H groups in total. The number of aliphatic hydroxyl groups excluding tert-OH is 1. The first-order valence-electron chi connectivity index (χ1n) is 9.09. The molecule has 26 heavy (non-hydrogen) atoms. The molecule has 1 aliphatic carbocycles. The third-order valence-electron chi connectivity index (χ3n) is 5.11. The molecule has 2 nitrogen and oxygen atoms in total. The summed E-state index contributed by atoms with van der Waals surface area (Å²) in [7, 11) is 0. The average Bonchev–Trinajstić information content (AvgIpc) is 3.05. The van der Waals surface area contributed by atoms with Crippen molar-refractivity contribution in [2.24, 2.45) is 0 Å². The topological polar surface area (TPSA) is 32.3 Å². The zero-order valence-electron chi connectivity index (χ0n) is 14.6. The van der Waals surface area contributed by atoms with Crippen molar-refractivity contribution in [3.8, 4) is 0 Å². The minimum absolute atomic E-state index is 0.0686. The van der Waals surface area contributed by atoms with Gasteiger partial charge in [0.1, 0.15) is 11.6 Å². The minimum atomic E-state index is -0.572. The quantitative estimate of drug-likeness (QED) is 0.589. The molecule has 0 spiro atoms. The van der Waals surface area contributed by atoms with Crippen molar-refractivity contribution in [3.63, 3.8) is 0 Å². The van der Waals surface area contributed by atoms with Crippen LogP contribution in [-0.4, -0.2) is 17.8 Å². The van der Waals surface area contributed by atoms with Gasteiger partial charge in [0.2, 0.25) is 0 Å². The fraction of sp³-hybridized carbons (Fsp3) is 0.500. The fourth-order valence-electron chi connectivity index (χ4n) is 3.73. The molecule has 1 aliphatic rings. The predicted molar refractivity (Wildman–Crippen MR) is 105 cm³/mol. The van der Waals surface area contributed by atoms with Gasteiger partial charge in [0, 0.05) is 27.3 Å². The van der Waals surface area contributed by atoms with Crippen molar-refractivity contribution in [2.45, 2.75) is 56.6 Å². The molecule has 1 aromatic heterocycles. The van der Waals surface area contributed by atoms with E-state index in [-0.39, 0.29) is 5.54 Å². The van der Waals surface area contributed by atoms with Gasteiger partial charge in [-0.1, -0.05) is 19.3 Å². The van der Waals surface area contributed by atoms with Crippen molar-refractivity contribution >= 4 is 27.3 Å². The van der Waals surface area contributed by atoms with Crippen molar-refractivity contribution in [1.82, 2.24) is 5.32 Å². The van der Waals surface area contributed by atoms with E-state index in [1.807, 2.05) is 0 Å². The lowest BCUT2D eigenvalue weighted by molar-refractivity contribution is 0.133. The Bertz CT molecular complexity index is 710.